The summed E-state index contributed by atoms with van der Waals surface area (Å²) < 4.78 is 0. The minimum Gasteiger partial charge on any atom is -0.478 e. The summed E-state index contributed by atoms with van der Waals surface area (Å²) in [7, 11) is 0. The second-order valence-corrected chi connectivity index (χ2v) is 2.81. The normalized spacial score (nSPS) is 9.50. The van der Waals surface area contributed by atoms with Crippen LogP contribution >= 0.6 is 0 Å². The van der Waals surface area contributed by atoms with Crippen molar-refractivity contribution in [2.24, 2.45) is 0 Å². The number of hydrogen-bond donors (Lipinski definition) is 2. The van der Waals surface area contributed by atoms with Crippen LogP contribution in [-0.2, 0) is 4.79 Å². The van der Waals surface area contributed by atoms with Gasteiger partial charge >= 0.3 is 5.97 Å². The summed E-state index contributed by atoms with van der Waals surface area (Å²) in [5.41, 5.74) is 0.648. The Morgan fingerprint density at radius 1 is 1.25 bits per heavy atom. The second-order valence-electron chi connectivity index (χ2n) is 2.81. The molecule has 0 saturated carbocycles. The molecule has 0 bridgehead atoms. The molecule has 0 fully saturated rings. The van der Waals surface area contributed by atoms with Gasteiger partial charge in [0, 0.05) is 24.7 Å². The first-order valence-corrected chi connectivity index (χ1v) is 4.69. The highest BCUT2D eigenvalue weighted by atomic mass is 16.4. The van der Waals surface area contributed by atoms with E-state index in [-0.39, 0.29) is 0 Å². The van der Waals surface area contributed by atoms with Gasteiger partial charge in [-0.2, -0.15) is 0 Å². The van der Waals surface area contributed by atoms with E-state index < -0.39 is 5.97 Å². The highest BCUT2D eigenvalue weighted by Gasteiger charge is 1.87. The van der Waals surface area contributed by atoms with Gasteiger partial charge in [-0.25, -0.2) is 4.79 Å². The van der Waals surface area contributed by atoms with E-state index in [1.54, 1.807) is 24.4 Å². The van der Waals surface area contributed by atoms with Crippen molar-refractivity contribution in [1.29, 1.82) is 0 Å². The first-order valence-electron chi connectivity index (χ1n) is 4.69. The summed E-state index contributed by atoms with van der Waals surface area (Å²) in [5.74, 6) is -0.962. The summed E-state index contributed by atoms with van der Waals surface area (Å²) in [5, 5.41) is 8.26. The number of aromatic nitrogens is 2. The fraction of sp³-hybridized carbons (Fsp3) is 0. The van der Waals surface area contributed by atoms with Gasteiger partial charge in [0.1, 0.15) is 0 Å². The summed E-state index contributed by atoms with van der Waals surface area (Å²) >= 11 is 0. The van der Waals surface area contributed by atoms with Crippen molar-refractivity contribution >= 4 is 12.0 Å². The molecule has 2 rings (SSSR count). The summed E-state index contributed by atoms with van der Waals surface area (Å²) in [6, 6.07) is 9.20. The molecule has 4 heteroatoms. The molecule has 0 aliphatic heterocycles. The van der Waals surface area contributed by atoms with Gasteiger partial charge in [0.25, 0.3) is 0 Å². The van der Waals surface area contributed by atoms with Crippen LogP contribution in [0, 0.1) is 0 Å². The molecule has 0 saturated heterocycles. The predicted molar refractivity (Wildman–Crippen MR) is 61.7 cm³/mol. The van der Waals surface area contributed by atoms with Gasteiger partial charge in [0.2, 0.25) is 0 Å². The number of nitrogens with zero attached hydrogens (tertiary/aromatic N) is 1. The highest BCUT2D eigenvalue weighted by Crippen LogP contribution is 1.95. The SMILES string of the molecule is O=C(O)C=Cc1ccccn1.c1cc[nH]c1. The number of carboxylic acid groups (broad SMARTS) is 1. The third-order valence-electron chi connectivity index (χ3n) is 1.58. The maximum Gasteiger partial charge on any atom is 0.328 e. The lowest BCUT2D eigenvalue weighted by Gasteiger charge is -1.87. The molecule has 0 radical (unpaired) electrons. The molecule has 0 aromatic carbocycles. The highest BCUT2D eigenvalue weighted by molar-refractivity contribution is 5.84. The molecule has 0 aliphatic carbocycles. The van der Waals surface area contributed by atoms with E-state index in [0.717, 1.165) is 6.08 Å². The molecular weight excluding hydrogens is 204 g/mol. The number of carbonyl (C=O) groups is 1. The Morgan fingerprint density at radius 3 is 2.44 bits per heavy atom. The molecule has 2 aromatic heterocycles. The van der Waals surface area contributed by atoms with Gasteiger partial charge in [0.05, 0.1) is 5.69 Å². The van der Waals surface area contributed by atoms with Crippen LogP contribution in [0.25, 0.3) is 6.08 Å². The Morgan fingerprint density at radius 2 is 2.00 bits per heavy atom. The number of aromatic amines is 1. The van der Waals surface area contributed by atoms with E-state index in [1.807, 2.05) is 24.5 Å². The molecule has 0 spiro atoms. The quantitative estimate of drug-likeness (QED) is 0.756. The summed E-state index contributed by atoms with van der Waals surface area (Å²) in [6.45, 7) is 0. The predicted octanol–water partition coefficient (Wildman–Crippen LogP) is 2.19. The van der Waals surface area contributed by atoms with Crippen LogP contribution in [-0.4, -0.2) is 21.0 Å². The molecule has 2 aromatic rings. The van der Waals surface area contributed by atoms with Gasteiger partial charge < -0.3 is 10.1 Å². The number of carboxylic acids is 1. The molecule has 82 valence electrons. The Balaban J connectivity index is 0.000000212. The van der Waals surface area contributed by atoms with Crippen LogP contribution in [0.4, 0.5) is 0 Å². The third-order valence-corrected chi connectivity index (χ3v) is 1.58. The van der Waals surface area contributed by atoms with E-state index in [4.69, 9.17) is 5.11 Å². The Kier molecular flexibility index (Phi) is 5.13. The van der Waals surface area contributed by atoms with Gasteiger partial charge in [-0.05, 0) is 30.3 Å². The zero-order chi connectivity index (χ0) is 11.6. The number of nitrogens with one attached hydrogen (secondary N) is 1. The number of pyridine rings is 1. The number of H-pyrrole nitrogens is 1. The first kappa shape index (κ1) is 11.7. The fourth-order valence-electron chi connectivity index (χ4n) is 0.909. The van der Waals surface area contributed by atoms with Gasteiger partial charge in [-0.15, -0.1) is 0 Å². The average Bonchev–Trinajstić information content (AvgIpc) is 2.86. The lowest BCUT2D eigenvalue weighted by molar-refractivity contribution is -0.131. The maximum atomic E-state index is 10.1. The molecule has 2 heterocycles. The molecule has 16 heavy (non-hydrogen) atoms. The van der Waals surface area contributed by atoms with Crippen LogP contribution < -0.4 is 0 Å². The molecule has 4 nitrogen and oxygen atoms in total. The zero-order valence-electron chi connectivity index (χ0n) is 8.58. The summed E-state index contributed by atoms with van der Waals surface area (Å²) in [4.78, 5) is 16.8. The Bertz CT molecular complexity index is 404. The van der Waals surface area contributed by atoms with Crippen molar-refractivity contribution in [3.8, 4) is 0 Å². The van der Waals surface area contributed by atoms with Gasteiger partial charge in [-0.1, -0.05) is 6.07 Å². The second kappa shape index (κ2) is 7.00. The van der Waals surface area contributed by atoms with Crippen molar-refractivity contribution in [3.63, 3.8) is 0 Å². The van der Waals surface area contributed by atoms with Crippen LogP contribution in [0.3, 0.4) is 0 Å². The maximum absolute atomic E-state index is 10.1. The van der Waals surface area contributed by atoms with E-state index in [9.17, 15) is 4.79 Å². The molecule has 2 N–H and O–H groups in total. The zero-order valence-corrected chi connectivity index (χ0v) is 8.58. The van der Waals surface area contributed by atoms with Gasteiger partial charge in [-0.3, -0.25) is 4.98 Å². The first-order chi connectivity index (χ1) is 7.79. The molecular formula is C12H12N2O2. The topological polar surface area (TPSA) is 66.0 Å². The van der Waals surface area contributed by atoms with Crippen molar-refractivity contribution < 1.29 is 9.90 Å². The van der Waals surface area contributed by atoms with Crippen molar-refractivity contribution in [1.82, 2.24) is 9.97 Å². The van der Waals surface area contributed by atoms with E-state index >= 15 is 0 Å². The monoisotopic (exact) mass is 216 g/mol. The van der Waals surface area contributed by atoms with E-state index in [1.165, 1.54) is 6.08 Å². The Labute approximate surface area is 93.3 Å². The number of rotatable bonds is 2. The number of hydrogen-bond acceptors (Lipinski definition) is 2. The Hall–Kier alpha value is -2.36. The molecule has 0 unspecified atom stereocenters. The lowest BCUT2D eigenvalue weighted by Crippen LogP contribution is -1.86. The largest absolute Gasteiger partial charge is 0.478 e. The van der Waals surface area contributed by atoms with E-state index in [0.29, 0.717) is 5.69 Å². The van der Waals surface area contributed by atoms with Crippen molar-refractivity contribution in [2.75, 3.05) is 0 Å². The van der Waals surface area contributed by atoms with Gasteiger partial charge in [0.15, 0.2) is 0 Å². The van der Waals surface area contributed by atoms with Crippen LogP contribution in [0.2, 0.25) is 0 Å². The summed E-state index contributed by atoms with van der Waals surface area (Å²) in [6.07, 6.45) is 7.87. The van der Waals surface area contributed by atoms with Crippen molar-refractivity contribution in [2.45, 2.75) is 0 Å². The van der Waals surface area contributed by atoms with Crippen molar-refractivity contribution in [3.05, 3.63) is 60.7 Å². The average molecular weight is 216 g/mol. The molecule has 0 aliphatic rings. The van der Waals surface area contributed by atoms with Crippen LogP contribution in [0.5, 0.6) is 0 Å². The smallest absolute Gasteiger partial charge is 0.328 e. The number of aliphatic carboxylic acids is 1. The minimum absolute atomic E-state index is 0.648. The van der Waals surface area contributed by atoms with Crippen LogP contribution in [0.15, 0.2) is 55.0 Å². The lowest BCUT2D eigenvalue weighted by atomic mass is 10.3. The standard InChI is InChI=1S/C8H7NO2.C4H5N/c10-8(11)5-4-7-3-1-2-6-9-7;1-2-4-5-3-1/h1-6H,(H,10,11);1-5H. The fourth-order valence-corrected chi connectivity index (χ4v) is 0.909. The molecule has 0 atom stereocenters. The molecule has 0 amide bonds. The third kappa shape index (κ3) is 5.39. The van der Waals surface area contributed by atoms with Crippen LogP contribution in [0.1, 0.15) is 5.69 Å². The van der Waals surface area contributed by atoms with E-state index in [2.05, 4.69) is 9.97 Å². The minimum atomic E-state index is -0.962.